The monoisotopic (exact) mass is 204 g/mol. The van der Waals surface area contributed by atoms with E-state index in [1.165, 1.54) is 4.57 Å². The van der Waals surface area contributed by atoms with Gasteiger partial charge in [-0.1, -0.05) is 12.1 Å². The number of para-hydroxylation sites is 1. The molecule has 0 amide bonds. The SMILES string of the molecule is Cc1cccc2c1n(CC=O)c(=O)n2C. The third kappa shape index (κ3) is 1.29. The fourth-order valence-corrected chi connectivity index (χ4v) is 1.89. The first-order chi connectivity index (χ1) is 7.16. The van der Waals surface area contributed by atoms with Gasteiger partial charge in [0.25, 0.3) is 0 Å². The van der Waals surface area contributed by atoms with Crippen LogP contribution >= 0.6 is 0 Å². The summed E-state index contributed by atoms with van der Waals surface area (Å²) in [6, 6.07) is 5.72. The van der Waals surface area contributed by atoms with Crippen LogP contribution in [0.4, 0.5) is 0 Å². The molecule has 78 valence electrons. The second kappa shape index (κ2) is 3.38. The quantitative estimate of drug-likeness (QED) is 0.680. The van der Waals surface area contributed by atoms with Crippen LogP contribution in [0.25, 0.3) is 11.0 Å². The summed E-state index contributed by atoms with van der Waals surface area (Å²) in [6.45, 7) is 2.05. The summed E-state index contributed by atoms with van der Waals surface area (Å²) in [4.78, 5) is 22.3. The number of nitrogens with zero attached hydrogens (tertiary/aromatic N) is 2. The maximum atomic E-state index is 11.8. The number of carbonyl (C=O) groups is 1. The molecule has 0 bridgehead atoms. The van der Waals surface area contributed by atoms with E-state index in [9.17, 15) is 9.59 Å². The summed E-state index contributed by atoms with van der Waals surface area (Å²) in [5.74, 6) is 0. The van der Waals surface area contributed by atoms with E-state index in [2.05, 4.69) is 0 Å². The summed E-state index contributed by atoms with van der Waals surface area (Å²) >= 11 is 0. The number of fused-ring (bicyclic) bond motifs is 1. The number of benzene rings is 1. The van der Waals surface area contributed by atoms with Crippen LogP contribution in [-0.2, 0) is 18.4 Å². The highest BCUT2D eigenvalue weighted by molar-refractivity contribution is 5.80. The summed E-state index contributed by atoms with van der Waals surface area (Å²) in [7, 11) is 1.71. The predicted octanol–water partition coefficient (Wildman–Crippen LogP) is 0.847. The summed E-state index contributed by atoms with van der Waals surface area (Å²) in [6.07, 6.45) is 0.743. The number of hydrogen-bond donors (Lipinski definition) is 0. The Morgan fingerprint density at radius 2 is 2.13 bits per heavy atom. The molecule has 0 atom stereocenters. The van der Waals surface area contributed by atoms with Crippen LogP contribution in [-0.4, -0.2) is 15.4 Å². The van der Waals surface area contributed by atoms with E-state index in [1.54, 1.807) is 11.6 Å². The van der Waals surface area contributed by atoms with E-state index in [-0.39, 0.29) is 12.2 Å². The van der Waals surface area contributed by atoms with Gasteiger partial charge >= 0.3 is 5.69 Å². The molecule has 0 fully saturated rings. The average Bonchev–Trinajstić information content (AvgIpc) is 2.46. The lowest BCUT2D eigenvalue weighted by molar-refractivity contribution is -0.108. The highest BCUT2D eigenvalue weighted by Crippen LogP contribution is 2.16. The molecule has 2 aromatic rings. The smallest absolute Gasteiger partial charge is 0.301 e. The third-order valence-corrected chi connectivity index (χ3v) is 2.62. The molecule has 0 aliphatic heterocycles. The fraction of sp³-hybridized carbons (Fsp3) is 0.273. The Bertz CT molecular complexity index is 578. The lowest BCUT2D eigenvalue weighted by Crippen LogP contribution is -2.22. The molecular formula is C11H12N2O2. The van der Waals surface area contributed by atoms with Crippen molar-refractivity contribution < 1.29 is 4.79 Å². The molecule has 0 spiro atoms. The number of aldehydes is 1. The molecule has 4 nitrogen and oxygen atoms in total. The Morgan fingerprint density at radius 1 is 1.40 bits per heavy atom. The van der Waals surface area contributed by atoms with Crippen molar-refractivity contribution in [1.82, 2.24) is 9.13 Å². The highest BCUT2D eigenvalue weighted by atomic mass is 16.2. The predicted molar refractivity (Wildman–Crippen MR) is 58.0 cm³/mol. The van der Waals surface area contributed by atoms with Gasteiger partial charge < -0.3 is 4.79 Å². The molecule has 0 unspecified atom stereocenters. The third-order valence-electron chi connectivity index (χ3n) is 2.62. The van der Waals surface area contributed by atoms with E-state index in [4.69, 9.17) is 0 Å². The number of hydrogen-bond acceptors (Lipinski definition) is 2. The minimum Gasteiger partial charge on any atom is -0.301 e. The van der Waals surface area contributed by atoms with Crippen LogP contribution in [0.15, 0.2) is 23.0 Å². The van der Waals surface area contributed by atoms with Crippen LogP contribution in [0, 0.1) is 6.92 Å². The van der Waals surface area contributed by atoms with Crippen molar-refractivity contribution in [3.8, 4) is 0 Å². The van der Waals surface area contributed by atoms with Crippen LogP contribution in [0.1, 0.15) is 5.56 Å². The standard InChI is InChI=1S/C11H12N2O2/c1-8-4-3-5-9-10(8)13(6-7-14)11(15)12(9)2/h3-5,7H,6H2,1-2H3. The second-order valence-corrected chi connectivity index (χ2v) is 3.56. The van der Waals surface area contributed by atoms with Crippen LogP contribution in [0.2, 0.25) is 0 Å². The number of carbonyl (C=O) groups excluding carboxylic acids is 1. The largest absolute Gasteiger partial charge is 0.329 e. The highest BCUT2D eigenvalue weighted by Gasteiger charge is 2.11. The van der Waals surface area contributed by atoms with Crippen molar-refractivity contribution >= 4 is 17.3 Å². The van der Waals surface area contributed by atoms with E-state index >= 15 is 0 Å². The van der Waals surface area contributed by atoms with Gasteiger partial charge in [-0.2, -0.15) is 0 Å². The first-order valence-corrected chi connectivity index (χ1v) is 4.75. The normalized spacial score (nSPS) is 10.8. The Morgan fingerprint density at radius 3 is 2.80 bits per heavy atom. The van der Waals surface area contributed by atoms with Crippen molar-refractivity contribution in [2.24, 2.45) is 7.05 Å². The van der Waals surface area contributed by atoms with Gasteiger partial charge in [0.1, 0.15) is 6.29 Å². The van der Waals surface area contributed by atoms with Crippen molar-refractivity contribution in [2.45, 2.75) is 13.5 Å². The van der Waals surface area contributed by atoms with Crippen LogP contribution in [0.3, 0.4) is 0 Å². The zero-order valence-electron chi connectivity index (χ0n) is 8.73. The Balaban J connectivity index is 2.95. The molecule has 0 aliphatic rings. The summed E-state index contributed by atoms with van der Waals surface area (Å²) < 4.78 is 3.06. The maximum absolute atomic E-state index is 11.8. The average molecular weight is 204 g/mol. The molecular weight excluding hydrogens is 192 g/mol. The van der Waals surface area contributed by atoms with Gasteiger partial charge in [0.2, 0.25) is 0 Å². The minimum atomic E-state index is -0.147. The maximum Gasteiger partial charge on any atom is 0.329 e. The Kier molecular flexibility index (Phi) is 2.19. The zero-order chi connectivity index (χ0) is 11.0. The van der Waals surface area contributed by atoms with Gasteiger partial charge in [-0.25, -0.2) is 4.79 Å². The van der Waals surface area contributed by atoms with Gasteiger partial charge in [0, 0.05) is 7.05 Å². The lowest BCUT2D eigenvalue weighted by Gasteiger charge is -2.00. The van der Waals surface area contributed by atoms with Gasteiger partial charge in [-0.15, -0.1) is 0 Å². The first kappa shape index (κ1) is 9.71. The minimum absolute atomic E-state index is 0.112. The molecule has 0 saturated heterocycles. The topological polar surface area (TPSA) is 44.0 Å². The molecule has 0 saturated carbocycles. The van der Waals surface area contributed by atoms with E-state index in [0.29, 0.717) is 0 Å². The summed E-state index contributed by atoms with van der Waals surface area (Å²) in [5.41, 5.74) is 2.57. The number of aromatic nitrogens is 2. The second-order valence-electron chi connectivity index (χ2n) is 3.56. The number of imidazole rings is 1. The molecule has 4 heteroatoms. The van der Waals surface area contributed by atoms with Gasteiger partial charge in [0.15, 0.2) is 0 Å². The molecule has 1 aromatic carbocycles. The zero-order valence-corrected chi connectivity index (χ0v) is 8.73. The molecule has 0 aliphatic carbocycles. The van der Waals surface area contributed by atoms with E-state index < -0.39 is 0 Å². The molecule has 2 rings (SSSR count). The molecule has 0 radical (unpaired) electrons. The fourth-order valence-electron chi connectivity index (χ4n) is 1.89. The Hall–Kier alpha value is -1.84. The van der Waals surface area contributed by atoms with Gasteiger partial charge in [-0.05, 0) is 18.6 Å². The molecule has 0 N–H and O–H groups in total. The first-order valence-electron chi connectivity index (χ1n) is 4.75. The van der Waals surface area contributed by atoms with Crippen LogP contribution < -0.4 is 5.69 Å². The van der Waals surface area contributed by atoms with Crippen LogP contribution in [0.5, 0.6) is 0 Å². The summed E-state index contributed by atoms with van der Waals surface area (Å²) in [5, 5.41) is 0. The molecule has 1 aromatic heterocycles. The van der Waals surface area contributed by atoms with Crippen molar-refractivity contribution in [1.29, 1.82) is 0 Å². The van der Waals surface area contributed by atoms with Gasteiger partial charge in [0.05, 0.1) is 17.6 Å². The number of rotatable bonds is 2. The molecule has 15 heavy (non-hydrogen) atoms. The van der Waals surface area contributed by atoms with Crippen molar-refractivity contribution in [3.05, 3.63) is 34.2 Å². The van der Waals surface area contributed by atoms with E-state index in [0.717, 1.165) is 22.9 Å². The molecule has 1 heterocycles. The Labute approximate surface area is 86.7 Å². The van der Waals surface area contributed by atoms with E-state index in [1.807, 2.05) is 25.1 Å². The lowest BCUT2D eigenvalue weighted by atomic mass is 10.2. The number of aryl methyl sites for hydroxylation is 2. The van der Waals surface area contributed by atoms with Crippen molar-refractivity contribution in [2.75, 3.05) is 0 Å². The van der Waals surface area contributed by atoms with Crippen molar-refractivity contribution in [3.63, 3.8) is 0 Å². The van der Waals surface area contributed by atoms with Gasteiger partial charge in [-0.3, -0.25) is 9.13 Å².